The predicted octanol–water partition coefficient (Wildman–Crippen LogP) is 3.08. The fourth-order valence-corrected chi connectivity index (χ4v) is 2.72. The first-order valence-corrected chi connectivity index (χ1v) is 7.26. The number of hydrogen-bond donors (Lipinski definition) is 0. The zero-order valence-electron chi connectivity index (χ0n) is 10.8. The minimum atomic E-state index is -0.162. The van der Waals surface area contributed by atoms with Gasteiger partial charge in [0, 0.05) is 23.6 Å². The Balaban J connectivity index is 2.30. The van der Waals surface area contributed by atoms with E-state index < -0.39 is 0 Å². The van der Waals surface area contributed by atoms with Crippen molar-refractivity contribution in [3.63, 3.8) is 0 Å². The Labute approximate surface area is 122 Å². The van der Waals surface area contributed by atoms with E-state index in [1.807, 2.05) is 30.3 Å². The van der Waals surface area contributed by atoms with E-state index in [0.29, 0.717) is 18.2 Å². The van der Waals surface area contributed by atoms with E-state index in [4.69, 9.17) is 23.2 Å². The molecule has 0 radical (unpaired) electrons. The standard InChI is InChI=1S/C13H16Cl2N4/c1-2-13(9-14,10-15)8-12-16-17-18-19(12)11-6-4-3-5-7-11/h3-7H,2,8-10H2,1H3. The highest BCUT2D eigenvalue weighted by Gasteiger charge is 2.29. The van der Waals surface area contributed by atoms with Crippen LogP contribution in [0, 0.1) is 5.41 Å². The molecule has 102 valence electrons. The van der Waals surface area contributed by atoms with E-state index in [-0.39, 0.29) is 5.41 Å². The molecule has 0 fully saturated rings. The van der Waals surface area contributed by atoms with E-state index in [2.05, 4.69) is 22.4 Å². The molecule has 4 nitrogen and oxygen atoms in total. The van der Waals surface area contributed by atoms with Crippen molar-refractivity contribution in [3.05, 3.63) is 36.2 Å². The normalized spacial score (nSPS) is 11.7. The first-order chi connectivity index (χ1) is 9.24. The maximum Gasteiger partial charge on any atom is 0.157 e. The van der Waals surface area contributed by atoms with Gasteiger partial charge >= 0.3 is 0 Å². The summed E-state index contributed by atoms with van der Waals surface area (Å²) in [6.45, 7) is 2.08. The van der Waals surface area contributed by atoms with Crippen LogP contribution in [0.5, 0.6) is 0 Å². The molecular weight excluding hydrogens is 283 g/mol. The molecule has 0 aliphatic carbocycles. The molecule has 1 heterocycles. The first kappa shape index (κ1) is 14.3. The highest BCUT2D eigenvalue weighted by Crippen LogP contribution is 2.30. The highest BCUT2D eigenvalue weighted by atomic mass is 35.5. The molecule has 2 aromatic rings. The molecule has 2 rings (SSSR count). The molecule has 0 N–H and O–H groups in total. The van der Waals surface area contributed by atoms with Crippen LogP contribution in [-0.4, -0.2) is 32.0 Å². The quantitative estimate of drug-likeness (QED) is 0.770. The number of nitrogens with zero attached hydrogens (tertiary/aromatic N) is 4. The summed E-state index contributed by atoms with van der Waals surface area (Å²) in [7, 11) is 0. The average molecular weight is 299 g/mol. The van der Waals surface area contributed by atoms with Gasteiger partial charge in [-0.3, -0.25) is 0 Å². The van der Waals surface area contributed by atoms with Crippen LogP contribution in [0.4, 0.5) is 0 Å². The van der Waals surface area contributed by atoms with Crippen molar-refractivity contribution in [2.45, 2.75) is 19.8 Å². The van der Waals surface area contributed by atoms with Crippen LogP contribution in [0.2, 0.25) is 0 Å². The van der Waals surface area contributed by atoms with Crippen LogP contribution >= 0.6 is 23.2 Å². The predicted molar refractivity (Wildman–Crippen MR) is 77.0 cm³/mol. The third-order valence-electron chi connectivity index (χ3n) is 3.38. The fourth-order valence-electron chi connectivity index (χ4n) is 1.87. The molecule has 0 atom stereocenters. The Morgan fingerprint density at radius 1 is 1.16 bits per heavy atom. The third kappa shape index (κ3) is 3.07. The Kier molecular flexibility index (Phi) is 4.77. The first-order valence-electron chi connectivity index (χ1n) is 6.19. The lowest BCUT2D eigenvalue weighted by molar-refractivity contribution is 0.350. The molecule has 0 spiro atoms. The van der Waals surface area contributed by atoms with Crippen LogP contribution in [-0.2, 0) is 6.42 Å². The molecule has 1 aromatic carbocycles. The number of hydrogen-bond acceptors (Lipinski definition) is 3. The Morgan fingerprint density at radius 2 is 1.84 bits per heavy atom. The topological polar surface area (TPSA) is 43.6 Å². The molecule has 0 saturated heterocycles. The molecule has 0 saturated carbocycles. The van der Waals surface area contributed by atoms with E-state index in [1.165, 1.54) is 0 Å². The highest BCUT2D eigenvalue weighted by molar-refractivity contribution is 6.21. The number of para-hydroxylation sites is 1. The fraction of sp³-hybridized carbons (Fsp3) is 0.462. The van der Waals surface area contributed by atoms with Gasteiger partial charge < -0.3 is 0 Å². The van der Waals surface area contributed by atoms with Gasteiger partial charge in [0.15, 0.2) is 5.82 Å². The number of benzene rings is 1. The van der Waals surface area contributed by atoms with Crippen LogP contribution in [0.15, 0.2) is 30.3 Å². The number of alkyl halides is 2. The van der Waals surface area contributed by atoms with Crippen LogP contribution in [0.1, 0.15) is 19.2 Å². The van der Waals surface area contributed by atoms with Gasteiger partial charge in [-0.25, -0.2) is 0 Å². The molecule has 0 aliphatic heterocycles. The lowest BCUT2D eigenvalue weighted by Crippen LogP contribution is -2.28. The molecule has 0 unspecified atom stereocenters. The van der Waals surface area contributed by atoms with Crippen LogP contribution in [0.25, 0.3) is 5.69 Å². The van der Waals surface area contributed by atoms with Gasteiger partial charge in [0.2, 0.25) is 0 Å². The second kappa shape index (κ2) is 6.35. The molecule has 0 bridgehead atoms. The average Bonchev–Trinajstić information content (AvgIpc) is 2.94. The molecule has 1 aromatic heterocycles. The summed E-state index contributed by atoms with van der Waals surface area (Å²) in [5.41, 5.74) is 0.779. The largest absolute Gasteiger partial charge is 0.197 e. The van der Waals surface area contributed by atoms with Crippen molar-refractivity contribution < 1.29 is 0 Å². The summed E-state index contributed by atoms with van der Waals surface area (Å²) in [6.07, 6.45) is 1.56. The monoisotopic (exact) mass is 298 g/mol. The zero-order valence-corrected chi connectivity index (χ0v) is 12.3. The van der Waals surface area contributed by atoms with E-state index in [0.717, 1.165) is 17.9 Å². The molecule has 0 aliphatic rings. The maximum absolute atomic E-state index is 6.08. The van der Waals surface area contributed by atoms with Gasteiger partial charge in [0.1, 0.15) is 0 Å². The van der Waals surface area contributed by atoms with E-state index in [1.54, 1.807) is 4.68 Å². The zero-order chi connectivity index (χ0) is 13.7. The maximum atomic E-state index is 6.08. The van der Waals surface area contributed by atoms with Crippen molar-refractivity contribution in [1.29, 1.82) is 0 Å². The number of aromatic nitrogens is 4. The van der Waals surface area contributed by atoms with Gasteiger partial charge in [-0.1, -0.05) is 25.1 Å². The van der Waals surface area contributed by atoms with Crippen molar-refractivity contribution in [1.82, 2.24) is 20.2 Å². The van der Waals surface area contributed by atoms with Gasteiger partial charge in [0.05, 0.1) is 5.69 Å². The van der Waals surface area contributed by atoms with E-state index >= 15 is 0 Å². The van der Waals surface area contributed by atoms with E-state index in [9.17, 15) is 0 Å². The second-order valence-corrected chi connectivity index (χ2v) is 5.17. The summed E-state index contributed by atoms with van der Waals surface area (Å²) < 4.78 is 1.74. The van der Waals surface area contributed by atoms with Crippen molar-refractivity contribution in [2.75, 3.05) is 11.8 Å². The van der Waals surface area contributed by atoms with Crippen molar-refractivity contribution in [2.24, 2.45) is 5.41 Å². The molecule has 6 heteroatoms. The van der Waals surface area contributed by atoms with Gasteiger partial charge in [-0.15, -0.1) is 28.3 Å². The summed E-state index contributed by atoms with van der Waals surface area (Å²) in [5.74, 6) is 1.78. The Hall–Kier alpha value is -1.13. The SMILES string of the molecule is CCC(CCl)(CCl)Cc1nnnn1-c1ccccc1. The minimum Gasteiger partial charge on any atom is -0.197 e. The number of tetrazole rings is 1. The Bertz CT molecular complexity index is 500. The van der Waals surface area contributed by atoms with Gasteiger partial charge in [-0.05, 0) is 29.0 Å². The molecule has 19 heavy (non-hydrogen) atoms. The smallest absolute Gasteiger partial charge is 0.157 e. The van der Waals surface area contributed by atoms with Crippen molar-refractivity contribution >= 4 is 23.2 Å². The van der Waals surface area contributed by atoms with Gasteiger partial charge in [-0.2, -0.15) is 4.68 Å². The Morgan fingerprint density at radius 3 is 2.42 bits per heavy atom. The second-order valence-electron chi connectivity index (χ2n) is 4.64. The lowest BCUT2D eigenvalue weighted by Gasteiger charge is -2.27. The van der Waals surface area contributed by atoms with Crippen LogP contribution < -0.4 is 0 Å². The lowest BCUT2D eigenvalue weighted by atomic mass is 9.85. The van der Waals surface area contributed by atoms with Crippen molar-refractivity contribution in [3.8, 4) is 5.69 Å². The summed E-state index contributed by atoms with van der Waals surface area (Å²) in [6, 6.07) is 9.80. The summed E-state index contributed by atoms with van der Waals surface area (Å²) in [5, 5.41) is 11.9. The minimum absolute atomic E-state index is 0.162. The molecular formula is C13H16Cl2N4. The summed E-state index contributed by atoms with van der Waals surface area (Å²) >= 11 is 12.2. The third-order valence-corrected chi connectivity index (χ3v) is 4.52. The number of rotatable bonds is 6. The number of halogens is 2. The summed E-state index contributed by atoms with van der Waals surface area (Å²) in [4.78, 5) is 0. The van der Waals surface area contributed by atoms with Crippen LogP contribution in [0.3, 0.4) is 0 Å². The van der Waals surface area contributed by atoms with Gasteiger partial charge in [0.25, 0.3) is 0 Å². The molecule has 0 amide bonds.